The molecule has 0 bridgehead atoms. The van der Waals surface area contributed by atoms with Gasteiger partial charge in [-0.25, -0.2) is 0 Å². The number of carbonyl (C=O) groups is 1. The topological polar surface area (TPSA) is 37.3 Å². The summed E-state index contributed by atoms with van der Waals surface area (Å²) in [6.45, 7) is 3.50. The average molecular weight is 239 g/mol. The molecule has 0 aromatic rings. The monoisotopic (exact) mass is 239 g/mol. The number of carboxylic acid groups (broad SMARTS) is 1. The minimum atomic E-state index is -0.865. The van der Waals surface area contributed by atoms with Gasteiger partial charge < -0.3 is 0 Å². The summed E-state index contributed by atoms with van der Waals surface area (Å²) in [5.74, 6) is -0.865. The van der Waals surface area contributed by atoms with Crippen molar-refractivity contribution in [2.75, 3.05) is 0 Å². The van der Waals surface area contributed by atoms with Crippen LogP contribution in [-0.4, -0.2) is 34.0 Å². The Kier molecular flexibility index (Phi) is 2.60. The maximum atomic E-state index is 10.4. The van der Waals surface area contributed by atoms with Crippen LogP contribution in [-0.2, 0) is 4.79 Å². The fourth-order valence-electron chi connectivity index (χ4n) is 0.932. The molecule has 0 saturated carbocycles. The average Bonchev–Trinajstić information content (AvgIpc) is 2.36. The van der Waals surface area contributed by atoms with Gasteiger partial charge in [0.15, 0.2) is 0 Å². The summed E-state index contributed by atoms with van der Waals surface area (Å²) in [4.78, 5) is 10.4. The van der Waals surface area contributed by atoms with Crippen LogP contribution in [0.1, 0.15) is 0 Å². The second-order valence-electron chi connectivity index (χ2n) is 2.24. The van der Waals surface area contributed by atoms with E-state index in [-0.39, 0.29) is 22.9 Å². The van der Waals surface area contributed by atoms with Gasteiger partial charge in [0.05, 0.1) is 0 Å². The van der Waals surface area contributed by atoms with Crippen LogP contribution in [0.15, 0.2) is 23.8 Å². The zero-order chi connectivity index (χ0) is 7.56. The molecule has 1 N–H and O–H groups in total. The van der Waals surface area contributed by atoms with Crippen molar-refractivity contribution in [2.45, 2.75) is 8.35 Å². The van der Waals surface area contributed by atoms with Crippen LogP contribution in [0.25, 0.3) is 0 Å². The fourth-order valence-corrected chi connectivity index (χ4v) is 4.76. The Balaban J connectivity index is 2.65. The molecule has 1 rings (SSSR count). The quantitative estimate of drug-likeness (QED) is 0.732. The van der Waals surface area contributed by atoms with Crippen LogP contribution in [0.4, 0.5) is 0 Å². The van der Waals surface area contributed by atoms with Gasteiger partial charge in [-0.15, -0.1) is 0 Å². The van der Waals surface area contributed by atoms with Gasteiger partial charge in [0.1, 0.15) is 0 Å². The molecule has 0 aliphatic carbocycles. The van der Waals surface area contributed by atoms with Gasteiger partial charge >= 0.3 is 70.9 Å². The van der Waals surface area contributed by atoms with Crippen molar-refractivity contribution in [3.05, 3.63) is 23.8 Å². The Morgan fingerprint density at radius 3 is 2.90 bits per heavy atom. The van der Waals surface area contributed by atoms with Crippen LogP contribution >= 0.6 is 0 Å². The van der Waals surface area contributed by atoms with Crippen LogP contribution in [0.2, 0.25) is 8.35 Å². The number of carboxylic acids is 1. The normalized spacial score (nSPS) is 15.8. The van der Waals surface area contributed by atoms with E-state index in [4.69, 9.17) is 5.11 Å². The molecule has 0 spiro atoms. The summed E-state index contributed by atoms with van der Waals surface area (Å²) < 4.78 is 2.26. The Morgan fingerprint density at radius 1 is 1.80 bits per heavy atom. The minimum absolute atomic E-state index is 0.309. The first-order chi connectivity index (χ1) is 4.72. The Hall–Kier alpha value is -0.180. The van der Waals surface area contributed by atoms with Gasteiger partial charge in [0.25, 0.3) is 0 Å². The number of aliphatic carboxylic acids is 1. The Labute approximate surface area is 71.0 Å². The zero-order valence-electron chi connectivity index (χ0n) is 5.63. The van der Waals surface area contributed by atoms with E-state index in [0.29, 0.717) is 5.57 Å². The molecule has 0 aromatic heterocycles. The van der Waals surface area contributed by atoms with E-state index >= 15 is 0 Å². The van der Waals surface area contributed by atoms with E-state index in [1.54, 1.807) is 0 Å². The van der Waals surface area contributed by atoms with Crippen LogP contribution in [0.5, 0.6) is 0 Å². The maximum absolute atomic E-state index is 10.4. The molecule has 0 atom stereocenters. The fraction of sp³-hybridized carbons (Fsp3) is 0.286. The molecule has 1 aliphatic rings. The molecule has 0 unspecified atom stereocenters. The second-order valence-corrected chi connectivity index (χ2v) is 6.40. The third kappa shape index (κ3) is 1.66. The van der Waals surface area contributed by atoms with Gasteiger partial charge in [-0.1, -0.05) is 0 Å². The van der Waals surface area contributed by atoms with Crippen molar-refractivity contribution in [3.63, 3.8) is 0 Å². The van der Waals surface area contributed by atoms with Gasteiger partial charge in [-0.2, -0.15) is 0 Å². The van der Waals surface area contributed by atoms with E-state index in [1.807, 2.05) is 6.08 Å². The van der Waals surface area contributed by atoms with E-state index < -0.39 is 5.97 Å². The third-order valence-electron chi connectivity index (χ3n) is 1.54. The molecular formula is C7H8InO2. The van der Waals surface area contributed by atoms with Gasteiger partial charge in [0, 0.05) is 0 Å². The molecule has 1 aliphatic heterocycles. The summed E-state index contributed by atoms with van der Waals surface area (Å²) in [5, 5.41) is 8.52. The predicted molar refractivity (Wildman–Crippen MR) is 40.2 cm³/mol. The van der Waals surface area contributed by atoms with Crippen LogP contribution < -0.4 is 0 Å². The SMILES string of the molecule is C=C(C(=O)O)C1=C[CH2][In][CH2]1. The van der Waals surface area contributed by atoms with Gasteiger partial charge in [-0.05, 0) is 0 Å². The van der Waals surface area contributed by atoms with Crippen molar-refractivity contribution in [1.29, 1.82) is 0 Å². The van der Waals surface area contributed by atoms with E-state index in [2.05, 4.69) is 6.58 Å². The molecular weight excluding hydrogens is 231 g/mol. The van der Waals surface area contributed by atoms with Gasteiger partial charge in [0.2, 0.25) is 0 Å². The van der Waals surface area contributed by atoms with Gasteiger partial charge in [-0.3, -0.25) is 0 Å². The predicted octanol–water partition coefficient (Wildman–Crippen LogP) is 1.11. The molecule has 0 aromatic carbocycles. The summed E-state index contributed by atoms with van der Waals surface area (Å²) in [5.41, 5.74) is 1.30. The first kappa shape index (κ1) is 7.92. The summed E-state index contributed by atoms with van der Waals surface area (Å²) in [6.07, 6.45) is 2.04. The zero-order valence-corrected chi connectivity index (χ0v) is 8.93. The molecule has 0 amide bonds. The Bertz CT molecular complexity index is 206. The Morgan fingerprint density at radius 2 is 2.50 bits per heavy atom. The molecule has 1 radical (unpaired) electrons. The first-order valence-corrected chi connectivity index (χ1v) is 7.81. The molecule has 10 heavy (non-hydrogen) atoms. The molecule has 0 fully saturated rings. The standard InChI is InChI=1S/C7H8O2.In/c1-4-5(2)6(3)7(8)9;/h4H,1-3H2,(H,8,9);. The second kappa shape index (κ2) is 3.28. The summed E-state index contributed by atoms with van der Waals surface area (Å²) in [6, 6.07) is 0. The molecule has 1 heterocycles. The summed E-state index contributed by atoms with van der Waals surface area (Å²) in [7, 11) is 0. The van der Waals surface area contributed by atoms with Crippen molar-refractivity contribution >= 4 is 28.9 Å². The van der Waals surface area contributed by atoms with Crippen molar-refractivity contribution < 1.29 is 9.90 Å². The molecule has 2 nitrogen and oxygen atoms in total. The van der Waals surface area contributed by atoms with Crippen molar-refractivity contribution in [2.24, 2.45) is 0 Å². The van der Waals surface area contributed by atoms with E-state index in [9.17, 15) is 4.79 Å². The van der Waals surface area contributed by atoms with Crippen molar-refractivity contribution in [3.8, 4) is 0 Å². The number of allylic oxidation sites excluding steroid dienone is 1. The number of hydrogen-bond donors (Lipinski definition) is 1. The van der Waals surface area contributed by atoms with E-state index in [0.717, 1.165) is 9.75 Å². The molecule has 0 saturated heterocycles. The van der Waals surface area contributed by atoms with Crippen LogP contribution in [0.3, 0.4) is 0 Å². The summed E-state index contributed by atoms with van der Waals surface area (Å²) >= 11 is -0.388. The molecule has 3 heteroatoms. The molecule has 51 valence electrons. The van der Waals surface area contributed by atoms with Crippen molar-refractivity contribution in [1.82, 2.24) is 0 Å². The van der Waals surface area contributed by atoms with E-state index in [1.165, 1.54) is 4.18 Å². The number of hydrogen-bond acceptors (Lipinski definition) is 1. The first-order valence-electron chi connectivity index (χ1n) is 3.15. The van der Waals surface area contributed by atoms with Crippen LogP contribution in [0, 0.1) is 0 Å². The number of rotatable bonds is 2. The third-order valence-corrected chi connectivity index (χ3v) is 5.24.